The summed E-state index contributed by atoms with van der Waals surface area (Å²) >= 11 is 0. The van der Waals surface area contributed by atoms with Gasteiger partial charge >= 0.3 is 0 Å². The largest absolute Gasteiger partial charge is 0.618 e. The number of rotatable bonds is 4. The molecule has 2 aromatic rings. The first-order chi connectivity index (χ1) is 9.86. The predicted molar refractivity (Wildman–Crippen MR) is 80.4 cm³/mol. The molecule has 0 atom stereocenters. The van der Waals surface area contributed by atoms with E-state index in [0.717, 1.165) is 16.2 Å². The van der Waals surface area contributed by atoms with E-state index in [2.05, 4.69) is 23.8 Å². The predicted octanol–water partition coefficient (Wildman–Crippen LogP) is 3.46. The molecule has 0 saturated heterocycles. The fourth-order valence-electron chi connectivity index (χ4n) is 1.79. The molecule has 2 rings (SSSR count). The third kappa shape index (κ3) is 3.68. The van der Waals surface area contributed by atoms with Crippen LogP contribution in [-0.4, -0.2) is 9.97 Å². The summed E-state index contributed by atoms with van der Waals surface area (Å²) in [5, 5.41) is 11.6. The summed E-state index contributed by atoms with van der Waals surface area (Å²) in [5.41, 5.74) is 1.56. The molecule has 0 aliphatic rings. The molecule has 5 heteroatoms. The van der Waals surface area contributed by atoms with Crippen molar-refractivity contribution in [2.45, 2.75) is 46.5 Å². The molecule has 0 bridgehead atoms. The molecule has 21 heavy (non-hydrogen) atoms. The number of aryl methyl sites for hydroxylation is 1. The molecule has 0 N–H and O–H groups in total. The van der Waals surface area contributed by atoms with Gasteiger partial charge in [0.2, 0.25) is 12.1 Å². The Morgan fingerprint density at radius 3 is 2.38 bits per heavy atom. The Labute approximate surface area is 125 Å². The Hall–Kier alpha value is -2.17. The van der Waals surface area contributed by atoms with E-state index < -0.39 is 0 Å². The Bertz CT molecular complexity index is 613. The van der Waals surface area contributed by atoms with E-state index in [4.69, 9.17) is 4.74 Å². The van der Waals surface area contributed by atoms with Crippen LogP contribution in [0.25, 0.3) is 0 Å². The highest BCUT2D eigenvalue weighted by molar-refractivity contribution is 5.26. The van der Waals surface area contributed by atoms with Crippen molar-refractivity contribution in [1.29, 1.82) is 0 Å². The zero-order chi connectivity index (χ0) is 15.6. The molecule has 0 amide bonds. The summed E-state index contributed by atoms with van der Waals surface area (Å²) < 4.78 is 6.50. The monoisotopic (exact) mass is 287 g/mol. The van der Waals surface area contributed by atoms with Gasteiger partial charge in [-0.2, -0.15) is 9.71 Å². The molecule has 0 radical (unpaired) electrons. The summed E-state index contributed by atoms with van der Waals surface area (Å²) in [4.78, 5) is 8.97. The van der Waals surface area contributed by atoms with Crippen molar-refractivity contribution in [3.63, 3.8) is 0 Å². The van der Waals surface area contributed by atoms with Gasteiger partial charge in [0.05, 0.1) is 5.69 Å². The Kier molecular flexibility index (Phi) is 4.40. The van der Waals surface area contributed by atoms with E-state index in [-0.39, 0.29) is 11.8 Å². The van der Waals surface area contributed by atoms with Crippen molar-refractivity contribution in [2.24, 2.45) is 0 Å². The van der Waals surface area contributed by atoms with E-state index in [1.165, 1.54) is 6.20 Å². The summed E-state index contributed by atoms with van der Waals surface area (Å²) in [6.07, 6.45) is 1.40. The second kappa shape index (κ2) is 6.08. The van der Waals surface area contributed by atoms with E-state index in [9.17, 15) is 5.21 Å². The first-order valence-electron chi connectivity index (χ1n) is 7.13. The van der Waals surface area contributed by atoms with Crippen LogP contribution in [-0.2, 0) is 0 Å². The Morgan fingerprint density at radius 1 is 1.10 bits per heavy atom. The molecule has 0 aromatic carbocycles. The molecule has 5 nitrogen and oxygen atoms in total. The third-order valence-electron chi connectivity index (χ3n) is 3.15. The number of hydrogen-bond acceptors (Lipinski definition) is 4. The molecule has 0 unspecified atom stereocenters. The lowest BCUT2D eigenvalue weighted by molar-refractivity contribution is -0.612. The van der Waals surface area contributed by atoms with Crippen LogP contribution < -0.4 is 9.47 Å². The van der Waals surface area contributed by atoms with Gasteiger partial charge in [-0.3, -0.25) is 0 Å². The minimum atomic E-state index is 0.216. The Balaban J connectivity index is 2.36. The zero-order valence-electron chi connectivity index (χ0n) is 13.1. The second-order valence-corrected chi connectivity index (χ2v) is 5.73. The SMILES string of the molecule is Cc1ccc(Oc2cc(C(C)C)nc(C(C)C)n2)c[n+]1[O-]. The fraction of sp³-hybridized carbons (Fsp3) is 0.438. The van der Waals surface area contributed by atoms with Crippen molar-refractivity contribution in [3.8, 4) is 11.6 Å². The highest BCUT2D eigenvalue weighted by Gasteiger charge is 2.13. The van der Waals surface area contributed by atoms with E-state index in [0.29, 0.717) is 17.3 Å². The van der Waals surface area contributed by atoms with Crippen LogP contribution in [0.1, 0.15) is 56.7 Å². The molecule has 0 aliphatic heterocycles. The lowest BCUT2D eigenvalue weighted by Crippen LogP contribution is -2.28. The molecular formula is C16H21N3O2. The van der Waals surface area contributed by atoms with Crippen LogP contribution in [0.5, 0.6) is 11.6 Å². The molecule has 2 heterocycles. The van der Waals surface area contributed by atoms with Crippen molar-refractivity contribution in [2.75, 3.05) is 0 Å². The summed E-state index contributed by atoms with van der Waals surface area (Å²) in [7, 11) is 0. The maximum atomic E-state index is 11.6. The average Bonchev–Trinajstić information content (AvgIpc) is 2.42. The van der Waals surface area contributed by atoms with Crippen LogP contribution in [0, 0.1) is 12.1 Å². The zero-order valence-corrected chi connectivity index (χ0v) is 13.1. The van der Waals surface area contributed by atoms with E-state index in [1.54, 1.807) is 19.1 Å². The topological polar surface area (TPSA) is 62.0 Å². The number of aromatic nitrogens is 3. The lowest BCUT2D eigenvalue weighted by atomic mass is 10.1. The van der Waals surface area contributed by atoms with Crippen LogP contribution in [0.4, 0.5) is 0 Å². The normalized spacial score (nSPS) is 11.2. The molecule has 0 saturated carbocycles. The van der Waals surface area contributed by atoms with Crippen molar-refractivity contribution >= 4 is 0 Å². The van der Waals surface area contributed by atoms with Crippen LogP contribution in [0.15, 0.2) is 24.4 Å². The third-order valence-corrected chi connectivity index (χ3v) is 3.15. The van der Waals surface area contributed by atoms with Gasteiger partial charge in [0, 0.05) is 25.0 Å². The van der Waals surface area contributed by atoms with Gasteiger partial charge in [-0.1, -0.05) is 27.7 Å². The standard InChI is InChI=1S/C16H21N3O2/c1-10(2)14-8-15(18-16(17-14)11(3)4)21-13-7-6-12(5)19(20)9-13/h6-11H,1-5H3. The number of pyridine rings is 1. The molecule has 0 aliphatic carbocycles. The first-order valence-corrected chi connectivity index (χ1v) is 7.13. The van der Waals surface area contributed by atoms with Gasteiger partial charge in [0.25, 0.3) is 0 Å². The van der Waals surface area contributed by atoms with Crippen molar-refractivity contribution in [3.05, 3.63) is 46.8 Å². The molecule has 0 spiro atoms. The number of hydrogen-bond donors (Lipinski definition) is 0. The second-order valence-electron chi connectivity index (χ2n) is 5.73. The fourth-order valence-corrected chi connectivity index (χ4v) is 1.79. The van der Waals surface area contributed by atoms with Gasteiger partial charge in [0.1, 0.15) is 5.82 Å². The van der Waals surface area contributed by atoms with Crippen molar-refractivity contribution in [1.82, 2.24) is 9.97 Å². The maximum absolute atomic E-state index is 11.6. The summed E-state index contributed by atoms with van der Waals surface area (Å²) in [5.74, 6) is 2.20. The summed E-state index contributed by atoms with van der Waals surface area (Å²) in [6, 6.07) is 5.30. The van der Waals surface area contributed by atoms with Gasteiger partial charge in [-0.15, -0.1) is 0 Å². The van der Waals surface area contributed by atoms with Gasteiger partial charge in [0.15, 0.2) is 11.4 Å². The average molecular weight is 287 g/mol. The highest BCUT2D eigenvalue weighted by atomic mass is 16.5. The molecular weight excluding hydrogens is 266 g/mol. The van der Waals surface area contributed by atoms with E-state index in [1.807, 2.05) is 19.9 Å². The summed E-state index contributed by atoms with van der Waals surface area (Å²) in [6.45, 7) is 9.98. The van der Waals surface area contributed by atoms with E-state index >= 15 is 0 Å². The maximum Gasteiger partial charge on any atom is 0.223 e. The molecule has 112 valence electrons. The highest BCUT2D eigenvalue weighted by Crippen LogP contribution is 2.24. The first kappa shape index (κ1) is 15.2. The van der Waals surface area contributed by atoms with Gasteiger partial charge in [-0.25, -0.2) is 4.98 Å². The van der Waals surface area contributed by atoms with Crippen LogP contribution >= 0.6 is 0 Å². The van der Waals surface area contributed by atoms with Crippen LogP contribution in [0.2, 0.25) is 0 Å². The molecule has 0 fully saturated rings. The minimum Gasteiger partial charge on any atom is -0.618 e. The Morgan fingerprint density at radius 2 is 1.81 bits per heavy atom. The molecule has 2 aromatic heterocycles. The lowest BCUT2D eigenvalue weighted by Gasteiger charge is -2.12. The smallest absolute Gasteiger partial charge is 0.223 e. The minimum absolute atomic E-state index is 0.216. The van der Waals surface area contributed by atoms with Crippen LogP contribution in [0.3, 0.4) is 0 Å². The number of ether oxygens (including phenoxy) is 1. The number of nitrogens with zero attached hydrogens (tertiary/aromatic N) is 3. The van der Waals surface area contributed by atoms with Crippen molar-refractivity contribution < 1.29 is 9.47 Å². The quantitative estimate of drug-likeness (QED) is 0.638. The van der Waals surface area contributed by atoms with Gasteiger partial charge in [-0.05, 0) is 12.0 Å². The van der Waals surface area contributed by atoms with Gasteiger partial charge < -0.3 is 9.94 Å².